The minimum absolute atomic E-state index is 0.201. The van der Waals surface area contributed by atoms with Gasteiger partial charge in [0.25, 0.3) is 0 Å². The molecule has 19 heavy (non-hydrogen) atoms. The monoisotopic (exact) mass is 377 g/mol. The summed E-state index contributed by atoms with van der Waals surface area (Å²) in [6.07, 6.45) is 0. The largest absolute Gasteiger partial charge is 0.309 e. The number of hydrogen-bond acceptors (Lipinski definition) is 1. The van der Waals surface area contributed by atoms with Gasteiger partial charge in [0.15, 0.2) is 11.6 Å². The molecular formula is C14H11F3IN. The van der Waals surface area contributed by atoms with Crippen LogP contribution in [0.25, 0.3) is 0 Å². The number of halogens is 4. The second-order valence-corrected chi connectivity index (χ2v) is 5.19. The van der Waals surface area contributed by atoms with Gasteiger partial charge in [-0.3, -0.25) is 0 Å². The molecule has 0 saturated carbocycles. The van der Waals surface area contributed by atoms with Gasteiger partial charge in [-0.15, -0.1) is 0 Å². The van der Waals surface area contributed by atoms with Crippen molar-refractivity contribution in [3.05, 3.63) is 68.5 Å². The fourth-order valence-electron chi connectivity index (χ4n) is 1.96. The minimum Gasteiger partial charge on any atom is -0.309 e. The molecule has 5 heteroatoms. The highest BCUT2D eigenvalue weighted by Crippen LogP contribution is 2.29. The van der Waals surface area contributed by atoms with Gasteiger partial charge in [0.1, 0.15) is 5.82 Å². The second kappa shape index (κ2) is 5.92. The number of rotatable bonds is 3. The first-order valence-electron chi connectivity index (χ1n) is 5.60. The Bertz CT molecular complexity index is 601. The van der Waals surface area contributed by atoms with Crippen molar-refractivity contribution in [3.8, 4) is 0 Å². The summed E-state index contributed by atoms with van der Waals surface area (Å²) in [6.45, 7) is 0. The fraction of sp³-hybridized carbons (Fsp3) is 0.143. The molecule has 0 bridgehead atoms. The molecule has 2 aromatic rings. The van der Waals surface area contributed by atoms with Crippen LogP contribution in [0.3, 0.4) is 0 Å². The van der Waals surface area contributed by atoms with Crippen molar-refractivity contribution in [3.63, 3.8) is 0 Å². The molecule has 0 amide bonds. The van der Waals surface area contributed by atoms with Crippen molar-refractivity contribution in [2.45, 2.75) is 6.04 Å². The van der Waals surface area contributed by atoms with Crippen molar-refractivity contribution in [1.29, 1.82) is 0 Å². The van der Waals surface area contributed by atoms with Gasteiger partial charge in [-0.25, -0.2) is 13.2 Å². The maximum atomic E-state index is 13.8. The van der Waals surface area contributed by atoms with E-state index in [4.69, 9.17) is 0 Å². The smallest absolute Gasteiger partial charge is 0.163 e. The van der Waals surface area contributed by atoms with E-state index in [0.29, 0.717) is 9.13 Å². The quantitative estimate of drug-likeness (QED) is 0.797. The number of hydrogen-bond donors (Lipinski definition) is 1. The topological polar surface area (TPSA) is 12.0 Å². The van der Waals surface area contributed by atoms with Crippen LogP contribution >= 0.6 is 22.6 Å². The van der Waals surface area contributed by atoms with Crippen LogP contribution in [0, 0.1) is 21.0 Å². The third kappa shape index (κ3) is 2.92. The van der Waals surface area contributed by atoms with Gasteiger partial charge in [0, 0.05) is 9.13 Å². The van der Waals surface area contributed by atoms with Gasteiger partial charge in [0.2, 0.25) is 0 Å². The highest BCUT2D eigenvalue weighted by atomic mass is 127. The van der Waals surface area contributed by atoms with Crippen molar-refractivity contribution in [1.82, 2.24) is 5.32 Å². The zero-order valence-electron chi connectivity index (χ0n) is 10.1. The molecule has 0 saturated heterocycles. The van der Waals surface area contributed by atoms with E-state index in [1.165, 1.54) is 24.3 Å². The predicted molar refractivity (Wildman–Crippen MR) is 76.4 cm³/mol. The Morgan fingerprint density at radius 1 is 1.05 bits per heavy atom. The molecule has 0 aliphatic heterocycles. The molecule has 0 heterocycles. The fourth-order valence-corrected chi connectivity index (χ4v) is 2.75. The minimum atomic E-state index is -0.894. The molecule has 0 aromatic heterocycles. The molecule has 2 rings (SSSR count). The molecule has 100 valence electrons. The Kier molecular flexibility index (Phi) is 4.46. The van der Waals surface area contributed by atoms with Crippen molar-refractivity contribution in [2.24, 2.45) is 0 Å². The first kappa shape index (κ1) is 14.3. The molecule has 0 aliphatic carbocycles. The van der Waals surface area contributed by atoms with Gasteiger partial charge in [-0.2, -0.15) is 0 Å². The van der Waals surface area contributed by atoms with Crippen LogP contribution in [0.15, 0.2) is 36.4 Å². The summed E-state index contributed by atoms with van der Waals surface area (Å²) in [5.74, 6) is -2.14. The van der Waals surface area contributed by atoms with Crippen molar-refractivity contribution < 1.29 is 13.2 Å². The zero-order chi connectivity index (χ0) is 14.0. The van der Waals surface area contributed by atoms with Crippen LogP contribution in [0.4, 0.5) is 13.2 Å². The van der Waals surface area contributed by atoms with E-state index in [9.17, 15) is 13.2 Å². The molecule has 1 unspecified atom stereocenters. The lowest BCUT2D eigenvalue weighted by molar-refractivity contribution is 0.487. The van der Waals surface area contributed by atoms with Crippen LogP contribution in [0.5, 0.6) is 0 Å². The van der Waals surface area contributed by atoms with E-state index in [0.717, 1.165) is 6.07 Å². The van der Waals surface area contributed by atoms with E-state index in [-0.39, 0.29) is 11.4 Å². The van der Waals surface area contributed by atoms with Crippen LogP contribution in [0.1, 0.15) is 17.2 Å². The lowest BCUT2D eigenvalue weighted by atomic mass is 9.98. The van der Waals surface area contributed by atoms with Crippen LogP contribution in [-0.4, -0.2) is 7.05 Å². The van der Waals surface area contributed by atoms with Gasteiger partial charge in [0.05, 0.1) is 6.04 Å². The lowest BCUT2D eigenvalue weighted by Gasteiger charge is -2.19. The molecule has 0 radical (unpaired) electrons. The Labute approximate surface area is 123 Å². The zero-order valence-corrected chi connectivity index (χ0v) is 12.2. The highest BCUT2D eigenvalue weighted by Gasteiger charge is 2.20. The molecule has 0 spiro atoms. The third-order valence-corrected chi connectivity index (χ3v) is 3.79. The third-order valence-electron chi connectivity index (χ3n) is 2.85. The summed E-state index contributed by atoms with van der Waals surface area (Å²) in [6, 6.07) is 7.75. The van der Waals surface area contributed by atoms with E-state index in [2.05, 4.69) is 5.32 Å². The van der Waals surface area contributed by atoms with Crippen LogP contribution in [-0.2, 0) is 0 Å². The summed E-state index contributed by atoms with van der Waals surface area (Å²) in [7, 11) is 1.65. The molecule has 1 atom stereocenters. The first-order valence-corrected chi connectivity index (χ1v) is 6.68. The van der Waals surface area contributed by atoms with Crippen molar-refractivity contribution in [2.75, 3.05) is 7.05 Å². The average Bonchev–Trinajstić information content (AvgIpc) is 2.37. The Hall–Kier alpha value is -1.08. The standard InChI is InChI=1S/C14H11F3IN/c1-19-14(9-6-5-8(15)7-12(9)18)10-3-2-4-11(16)13(10)17/h2-7,14,19H,1H3. The second-order valence-electron chi connectivity index (χ2n) is 4.03. The van der Waals surface area contributed by atoms with Gasteiger partial charge >= 0.3 is 0 Å². The Morgan fingerprint density at radius 2 is 1.79 bits per heavy atom. The molecule has 0 fully saturated rings. The summed E-state index contributed by atoms with van der Waals surface area (Å²) in [5, 5.41) is 2.93. The molecule has 1 nitrogen and oxygen atoms in total. The average molecular weight is 377 g/mol. The van der Waals surface area contributed by atoms with E-state index in [1.54, 1.807) is 13.1 Å². The number of nitrogens with one attached hydrogen (secondary N) is 1. The summed E-state index contributed by atoms with van der Waals surface area (Å²) in [5.41, 5.74) is 0.904. The maximum Gasteiger partial charge on any atom is 0.163 e. The van der Waals surface area contributed by atoms with Crippen LogP contribution < -0.4 is 5.32 Å². The first-order chi connectivity index (χ1) is 9.04. The maximum absolute atomic E-state index is 13.8. The van der Waals surface area contributed by atoms with Gasteiger partial charge in [-0.1, -0.05) is 18.2 Å². The SMILES string of the molecule is CNC(c1ccc(F)cc1I)c1cccc(F)c1F. The molecular weight excluding hydrogens is 366 g/mol. The van der Waals surface area contributed by atoms with E-state index >= 15 is 0 Å². The lowest BCUT2D eigenvalue weighted by Crippen LogP contribution is -2.20. The molecule has 0 aliphatic rings. The Morgan fingerprint density at radius 3 is 2.42 bits per heavy atom. The van der Waals surface area contributed by atoms with E-state index in [1.807, 2.05) is 22.6 Å². The Balaban J connectivity index is 2.53. The highest BCUT2D eigenvalue weighted by molar-refractivity contribution is 14.1. The van der Waals surface area contributed by atoms with Gasteiger partial charge < -0.3 is 5.32 Å². The summed E-state index contributed by atoms with van der Waals surface area (Å²) < 4.78 is 40.9. The summed E-state index contributed by atoms with van der Waals surface area (Å²) in [4.78, 5) is 0. The normalized spacial score (nSPS) is 12.5. The van der Waals surface area contributed by atoms with Crippen LogP contribution in [0.2, 0.25) is 0 Å². The summed E-state index contributed by atoms with van der Waals surface area (Å²) >= 11 is 1.98. The van der Waals surface area contributed by atoms with Gasteiger partial charge in [-0.05, 0) is 53.4 Å². The van der Waals surface area contributed by atoms with Crippen molar-refractivity contribution >= 4 is 22.6 Å². The molecule has 1 N–H and O–H groups in total. The molecule has 2 aromatic carbocycles. The van der Waals surface area contributed by atoms with E-state index < -0.39 is 17.7 Å². The number of benzene rings is 2. The predicted octanol–water partition coefficient (Wildman–Crippen LogP) is 4.02.